The molecule has 18 heavy (non-hydrogen) atoms. The van der Waals surface area contributed by atoms with Crippen LogP contribution in [0.1, 0.15) is 24.1 Å². The van der Waals surface area contributed by atoms with E-state index in [0.717, 1.165) is 18.4 Å². The molecule has 0 amide bonds. The minimum absolute atomic E-state index is 0.0537. The largest absolute Gasteiger partial charge is 0.294 e. The molecule has 2 aliphatic rings. The van der Waals surface area contributed by atoms with Crippen molar-refractivity contribution in [1.29, 1.82) is 5.26 Å². The first-order chi connectivity index (χ1) is 8.72. The van der Waals surface area contributed by atoms with Gasteiger partial charge in [-0.15, -0.1) is 0 Å². The van der Waals surface area contributed by atoms with E-state index in [0.29, 0.717) is 12.3 Å². The highest BCUT2D eigenvalue weighted by atomic mass is 16.2. The molecule has 2 aliphatic carbocycles. The average Bonchev–Trinajstić information content (AvgIpc) is 2.94. The Labute approximate surface area is 107 Å². The topological polar surface area (TPSA) is 45.8 Å². The zero-order chi connectivity index (χ0) is 12.7. The molecule has 0 spiro atoms. The molecule has 3 nitrogen and oxygen atoms in total. The van der Waals surface area contributed by atoms with E-state index in [2.05, 4.69) is 12.6 Å². The van der Waals surface area contributed by atoms with E-state index in [4.69, 9.17) is 0 Å². The summed E-state index contributed by atoms with van der Waals surface area (Å²) in [4.78, 5) is 12.5. The van der Waals surface area contributed by atoms with E-state index in [1.165, 1.54) is 0 Å². The number of hydrogen-bond donors (Lipinski definition) is 0. The Morgan fingerprint density at radius 2 is 2.06 bits per heavy atom. The summed E-state index contributed by atoms with van der Waals surface area (Å²) in [6.07, 6.45) is 6.57. The number of rotatable bonds is 2. The van der Waals surface area contributed by atoms with E-state index in [-0.39, 0.29) is 23.7 Å². The number of carbonyl (C=O) groups excluding carboxylic acids is 1. The average molecular weight is 240 g/mol. The third-order valence-corrected chi connectivity index (χ3v) is 4.25. The Morgan fingerprint density at radius 3 is 2.61 bits per heavy atom. The fraction of sp³-hybridized carbons (Fsp3) is 0.467. The second-order valence-corrected chi connectivity index (χ2v) is 5.42. The molecule has 0 aliphatic heterocycles. The molecule has 0 N–H and O–H groups in total. The van der Waals surface area contributed by atoms with Crippen molar-refractivity contribution in [2.45, 2.75) is 19.3 Å². The molecule has 1 aromatic rings. The first kappa shape index (κ1) is 11.3. The van der Waals surface area contributed by atoms with Crippen LogP contribution in [0, 0.1) is 35.0 Å². The molecule has 0 unspecified atom stereocenters. The molecule has 1 aromatic heterocycles. The molecular formula is C15H16N2O. The van der Waals surface area contributed by atoms with Crippen LogP contribution >= 0.6 is 0 Å². The van der Waals surface area contributed by atoms with E-state index in [1.54, 1.807) is 17.0 Å². The molecule has 1 heterocycles. The maximum absolute atomic E-state index is 12.5. The quantitative estimate of drug-likeness (QED) is 0.746. The predicted octanol–water partition coefficient (Wildman–Crippen LogP) is 2.87. The predicted molar refractivity (Wildman–Crippen MR) is 67.6 cm³/mol. The highest BCUT2D eigenvalue weighted by Gasteiger charge is 2.49. The lowest BCUT2D eigenvalue weighted by Gasteiger charge is -2.20. The van der Waals surface area contributed by atoms with Gasteiger partial charge in [0.15, 0.2) is 0 Å². The lowest BCUT2D eigenvalue weighted by Crippen LogP contribution is -2.27. The van der Waals surface area contributed by atoms with Gasteiger partial charge in [-0.05, 0) is 43.2 Å². The lowest BCUT2D eigenvalue weighted by molar-refractivity contribution is 0.0785. The molecule has 92 valence electrons. The molecule has 3 rings (SSSR count). The highest BCUT2D eigenvalue weighted by Crippen LogP contribution is 2.52. The molecule has 0 saturated heterocycles. The zero-order valence-electron chi connectivity index (χ0n) is 10.2. The van der Waals surface area contributed by atoms with Gasteiger partial charge in [0.2, 0.25) is 5.91 Å². The molecule has 3 atom stereocenters. The van der Waals surface area contributed by atoms with Crippen molar-refractivity contribution < 1.29 is 4.79 Å². The van der Waals surface area contributed by atoms with Crippen molar-refractivity contribution in [3.63, 3.8) is 0 Å². The molecule has 2 saturated carbocycles. The van der Waals surface area contributed by atoms with Gasteiger partial charge in [0.25, 0.3) is 0 Å². The van der Waals surface area contributed by atoms with Gasteiger partial charge >= 0.3 is 0 Å². The minimum Gasteiger partial charge on any atom is -0.294 e. The Bertz CT molecular complexity index is 519. The van der Waals surface area contributed by atoms with Crippen LogP contribution in [0.15, 0.2) is 36.7 Å². The third-order valence-electron chi connectivity index (χ3n) is 4.25. The van der Waals surface area contributed by atoms with Gasteiger partial charge in [-0.3, -0.25) is 9.36 Å². The van der Waals surface area contributed by atoms with Crippen LogP contribution in [0.5, 0.6) is 0 Å². The minimum atomic E-state index is -0.123. The normalized spacial score (nSPS) is 31.3. The number of aromatic nitrogens is 1. The van der Waals surface area contributed by atoms with Crippen LogP contribution in [0.25, 0.3) is 0 Å². The number of carbonyl (C=O) groups is 1. The summed E-state index contributed by atoms with van der Waals surface area (Å²) >= 11 is 0. The fourth-order valence-corrected chi connectivity index (χ4v) is 3.23. The molecule has 0 aromatic carbocycles. The summed E-state index contributed by atoms with van der Waals surface area (Å²) in [5.74, 6) is 0.690. The molecule has 2 fully saturated rings. The van der Waals surface area contributed by atoms with Crippen LogP contribution in [0.2, 0.25) is 0 Å². The summed E-state index contributed by atoms with van der Waals surface area (Å²) < 4.78 is 1.65. The summed E-state index contributed by atoms with van der Waals surface area (Å²) in [5.41, 5.74) is 0.944. The standard InChI is InChI=1S/C15H16N2O/c1-10-8-12(15(18)17-6-2-3-7-17)14(11-4-5-11)13(10)9-16/h2-3,6-7,11-14H,1,4-5,8H2/t12-,13-,14+/m1/s1. The monoisotopic (exact) mass is 240 g/mol. The number of nitriles is 1. The second-order valence-electron chi connectivity index (χ2n) is 5.42. The first-order valence-corrected chi connectivity index (χ1v) is 6.47. The van der Waals surface area contributed by atoms with Gasteiger partial charge in [-0.2, -0.15) is 5.26 Å². The van der Waals surface area contributed by atoms with E-state index >= 15 is 0 Å². The smallest absolute Gasteiger partial charge is 0.234 e. The van der Waals surface area contributed by atoms with E-state index < -0.39 is 0 Å². The first-order valence-electron chi connectivity index (χ1n) is 6.47. The van der Waals surface area contributed by atoms with Crippen LogP contribution in [0.3, 0.4) is 0 Å². The van der Waals surface area contributed by atoms with Gasteiger partial charge in [0, 0.05) is 18.3 Å². The summed E-state index contributed by atoms with van der Waals surface area (Å²) in [5, 5.41) is 9.28. The highest BCUT2D eigenvalue weighted by molar-refractivity contribution is 5.83. The number of hydrogen-bond acceptors (Lipinski definition) is 2. The van der Waals surface area contributed by atoms with Gasteiger partial charge in [0.05, 0.1) is 12.0 Å². The van der Waals surface area contributed by atoms with Crippen molar-refractivity contribution in [2.24, 2.45) is 23.7 Å². The van der Waals surface area contributed by atoms with Crippen LogP contribution in [-0.2, 0) is 0 Å². The van der Waals surface area contributed by atoms with Crippen molar-refractivity contribution in [3.8, 4) is 6.07 Å². The molecule has 3 heteroatoms. The lowest BCUT2D eigenvalue weighted by atomic mass is 9.85. The fourth-order valence-electron chi connectivity index (χ4n) is 3.23. The van der Waals surface area contributed by atoms with Gasteiger partial charge < -0.3 is 0 Å². The number of allylic oxidation sites excluding steroid dienone is 1. The molecule has 0 bridgehead atoms. The Morgan fingerprint density at radius 1 is 1.39 bits per heavy atom. The van der Waals surface area contributed by atoms with E-state index in [1.807, 2.05) is 12.1 Å². The SMILES string of the molecule is C=C1C[C@@H](C(=O)n2cccc2)[C@H](C2CC2)[C@@H]1C#N. The maximum atomic E-state index is 12.5. The zero-order valence-corrected chi connectivity index (χ0v) is 10.2. The van der Waals surface area contributed by atoms with Gasteiger partial charge in [0.1, 0.15) is 0 Å². The van der Waals surface area contributed by atoms with Crippen molar-refractivity contribution in [2.75, 3.05) is 0 Å². The van der Waals surface area contributed by atoms with Crippen LogP contribution < -0.4 is 0 Å². The van der Waals surface area contributed by atoms with Gasteiger partial charge in [-0.25, -0.2) is 0 Å². The van der Waals surface area contributed by atoms with Crippen molar-refractivity contribution >= 4 is 5.91 Å². The van der Waals surface area contributed by atoms with Crippen molar-refractivity contribution in [3.05, 3.63) is 36.7 Å². The Hall–Kier alpha value is -1.82. The molecule has 0 radical (unpaired) electrons. The van der Waals surface area contributed by atoms with Gasteiger partial charge in [-0.1, -0.05) is 12.2 Å². The summed E-state index contributed by atoms with van der Waals surface area (Å²) in [7, 11) is 0. The Balaban J connectivity index is 1.89. The van der Waals surface area contributed by atoms with Crippen LogP contribution in [0.4, 0.5) is 0 Å². The number of nitrogens with zero attached hydrogens (tertiary/aromatic N) is 2. The van der Waals surface area contributed by atoms with Crippen molar-refractivity contribution in [1.82, 2.24) is 4.57 Å². The third kappa shape index (κ3) is 1.69. The summed E-state index contributed by atoms with van der Waals surface area (Å²) in [6, 6.07) is 6.07. The molecular weight excluding hydrogens is 224 g/mol. The Kier molecular flexibility index (Phi) is 2.59. The second kappa shape index (κ2) is 4.13. The van der Waals surface area contributed by atoms with E-state index in [9.17, 15) is 10.1 Å². The van der Waals surface area contributed by atoms with Crippen LogP contribution in [-0.4, -0.2) is 10.5 Å². The maximum Gasteiger partial charge on any atom is 0.234 e. The summed E-state index contributed by atoms with van der Waals surface area (Å²) in [6.45, 7) is 4.00.